The van der Waals surface area contributed by atoms with Crippen LogP contribution in [0, 0.1) is 11.3 Å². The molecule has 4 heteroatoms. The lowest BCUT2D eigenvalue weighted by Gasteiger charge is -2.25. The number of anilines is 2. The van der Waals surface area contributed by atoms with E-state index >= 15 is 0 Å². The molecule has 1 aromatic rings. The van der Waals surface area contributed by atoms with Gasteiger partial charge in [0, 0.05) is 0 Å². The monoisotopic (exact) mass is 205 g/mol. The highest BCUT2D eigenvalue weighted by Gasteiger charge is 2.16. The summed E-state index contributed by atoms with van der Waals surface area (Å²) in [5.41, 5.74) is 7.08. The van der Waals surface area contributed by atoms with Gasteiger partial charge in [-0.15, -0.1) is 0 Å². The van der Waals surface area contributed by atoms with Gasteiger partial charge in [0.1, 0.15) is 0 Å². The fourth-order valence-electron chi connectivity index (χ4n) is 1.14. The third-order valence-electron chi connectivity index (χ3n) is 2.05. The fraction of sp³-hybridized carbons (Fsp3) is 0.364. The van der Waals surface area contributed by atoms with Crippen LogP contribution >= 0.6 is 0 Å². The summed E-state index contributed by atoms with van der Waals surface area (Å²) >= 11 is 0. The highest BCUT2D eigenvalue weighted by Crippen LogP contribution is 2.23. The molecule has 4 N–H and O–H groups in total. The maximum absolute atomic E-state index is 9.10. The number of nitrogens with one attached hydrogen (secondary N) is 1. The first-order valence-electron chi connectivity index (χ1n) is 4.67. The molecule has 0 heterocycles. The van der Waals surface area contributed by atoms with E-state index in [-0.39, 0.29) is 6.61 Å². The van der Waals surface area contributed by atoms with Gasteiger partial charge in [0.05, 0.1) is 35.2 Å². The molecule has 0 saturated carbocycles. The van der Waals surface area contributed by atoms with Crippen LogP contribution < -0.4 is 11.1 Å². The van der Waals surface area contributed by atoms with Crippen LogP contribution in [0.2, 0.25) is 0 Å². The van der Waals surface area contributed by atoms with Crippen LogP contribution in [0.1, 0.15) is 19.4 Å². The molecule has 80 valence electrons. The van der Waals surface area contributed by atoms with Gasteiger partial charge in [0.25, 0.3) is 0 Å². The molecule has 4 nitrogen and oxygen atoms in total. The number of aliphatic hydroxyl groups is 1. The molecule has 0 spiro atoms. The Morgan fingerprint density at radius 2 is 2.20 bits per heavy atom. The Labute approximate surface area is 89.3 Å². The molecule has 0 aliphatic heterocycles. The highest BCUT2D eigenvalue weighted by atomic mass is 16.3. The lowest BCUT2D eigenvalue weighted by molar-refractivity contribution is 0.234. The smallest absolute Gasteiger partial charge is 0.0992 e. The van der Waals surface area contributed by atoms with E-state index in [9.17, 15) is 0 Å². The van der Waals surface area contributed by atoms with E-state index < -0.39 is 5.54 Å². The maximum atomic E-state index is 9.10. The van der Waals surface area contributed by atoms with Crippen LogP contribution in [0.15, 0.2) is 18.2 Å². The van der Waals surface area contributed by atoms with Crippen molar-refractivity contribution in [1.82, 2.24) is 0 Å². The third kappa shape index (κ3) is 2.86. The van der Waals surface area contributed by atoms with E-state index in [1.807, 2.05) is 19.9 Å². The molecule has 0 unspecified atom stereocenters. The van der Waals surface area contributed by atoms with Crippen molar-refractivity contribution in [2.75, 3.05) is 17.7 Å². The Morgan fingerprint density at radius 3 is 2.73 bits per heavy atom. The van der Waals surface area contributed by atoms with Gasteiger partial charge in [-0.3, -0.25) is 0 Å². The Kier molecular flexibility index (Phi) is 3.17. The van der Waals surface area contributed by atoms with Crippen LogP contribution in [0.5, 0.6) is 0 Å². The topological polar surface area (TPSA) is 82.1 Å². The van der Waals surface area contributed by atoms with Crippen molar-refractivity contribution in [3.63, 3.8) is 0 Å². The first-order chi connectivity index (χ1) is 6.98. The molecule has 1 aromatic carbocycles. The van der Waals surface area contributed by atoms with Crippen molar-refractivity contribution < 1.29 is 5.11 Å². The second kappa shape index (κ2) is 4.20. The van der Waals surface area contributed by atoms with E-state index in [0.717, 1.165) is 0 Å². The van der Waals surface area contributed by atoms with Gasteiger partial charge in [-0.05, 0) is 32.0 Å². The van der Waals surface area contributed by atoms with Gasteiger partial charge in [-0.2, -0.15) is 5.26 Å². The molecular formula is C11H15N3O. The second-order valence-electron chi connectivity index (χ2n) is 4.08. The zero-order valence-electron chi connectivity index (χ0n) is 8.91. The molecule has 0 amide bonds. The predicted octanol–water partition coefficient (Wildman–Crippen LogP) is 1.32. The summed E-state index contributed by atoms with van der Waals surface area (Å²) in [6, 6.07) is 7.05. The van der Waals surface area contributed by atoms with Gasteiger partial charge in [0.15, 0.2) is 0 Å². The molecular weight excluding hydrogens is 190 g/mol. The van der Waals surface area contributed by atoms with Gasteiger partial charge < -0.3 is 16.2 Å². The number of hydrogen-bond donors (Lipinski definition) is 3. The Morgan fingerprint density at radius 1 is 1.53 bits per heavy atom. The largest absolute Gasteiger partial charge is 0.397 e. The standard InChI is InChI=1S/C11H15N3O/c1-11(2,7-15)14-10-5-8(6-12)3-4-9(10)13/h3-5,14-15H,7,13H2,1-2H3. The number of nitrogens with zero attached hydrogens (tertiary/aromatic N) is 1. The van der Waals surface area contributed by atoms with Gasteiger partial charge in [0.2, 0.25) is 0 Å². The number of benzene rings is 1. The summed E-state index contributed by atoms with van der Waals surface area (Å²) in [6.45, 7) is 3.69. The quantitative estimate of drug-likeness (QED) is 0.650. The van der Waals surface area contributed by atoms with Gasteiger partial charge in [-0.25, -0.2) is 0 Å². The summed E-state index contributed by atoms with van der Waals surface area (Å²) in [4.78, 5) is 0. The van der Waals surface area contributed by atoms with Crippen LogP contribution in [0.4, 0.5) is 11.4 Å². The minimum atomic E-state index is -0.456. The molecule has 0 fully saturated rings. The fourth-order valence-corrected chi connectivity index (χ4v) is 1.14. The number of hydrogen-bond acceptors (Lipinski definition) is 4. The molecule has 0 aliphatic rings. The van der Waals surface area contributed by atoms with Gasteiger partial charge in [-0.1, -0.05) is 0 Å². The summed E-state index contributed by atoms with van der Waals surface area (Å²) in [7, 11) is 0. The first-order valence-corrected chi connectivity index (χ1v) is 4.67. The van der Waals surface area contributed by atoms with Crippen molar-refractivity contribution in [1.29, 1.82) is 5.26 Å². The average Bonchev–Trinajstić information content (AvgIpc) is 2.21. The number of nitrogens with two attached hydrogens (primary N) is 1. The maximum Gasteiger partial charge on any atom is 0.0992 e. The van der Waals surface area contributed by atoms with E-state index in [4.69, 9.17) is 16.1 Å². The predicted molar refractivity (Wildman–Crippen MR) is 60.4 cm³/mol. The number of rotatable bonds is 3. The van der Waals surface area contributed by atoms with Crippen LogP contribution in [0.25, 0.3) is 0 Å². The molecule has 0 radical (unpaired) electrons. The first kappa shape index (κ1) is 11.3. The summed E-state index contributed by atoms with van der Waals surface area (Å²) in [6.07, 6.45) is 0. The van der Waals surface area contributed by atoms with E-state index in [0.29, 0.717) is 16.9 Å². The number of nitrogen functional groups attached to an aromatic ring is 1. The molecule has 1 rings (SSSR count). The van der Waals surface area contributed by atoms with Crippen LogP contribution in [0.3, 0.4) is 0 Å². The minimum absolute atomic E-state index is 0.0107. The summed E-state index contributed by atoms with van der Waals surface area (Å²) < 4.78 is 0. The molecule has 15 heavy (non-hydrogen) atoms. The molecule has 0 saturated heterocycles. The van der Waals surface area contributed by atoms with Crippen molar-refractivity contribution in [2.24, 2.45) is 0 Å². The van der Waals surface area contributed by atoms with E-state index in [2.05, 4.69) is 5.32 Å². The lowest BCUT2D eigenvalue weighted by atomic mass is 10.1. The summed E-state index contributed by atoms with van der Waals surface area (Å²) in [5, 5.41) is 20.9. The van der Waals surface area contributed by atoms with Crippen LogP contribution in [-0.2, 0) is 0 Å². The van der Waals surface area contributed by atoms with E-state index in [1.165, 1.54) is 0 Å². The number of aliphatic hydroxyl groups excluding tert-OH is 1. The van der Waals surface area contributed by atoms with Crippen LogP contribution in [-0.4, -0.2) is 17.3 Å². The molecule has 0 aliphatic carbocycles. The molecule has 0 bridgehead atoms. The molecule has 0 atom stereocenters. The Hall–Kier alpha value is -1.73. The van der Waals surface area contributed by atoms with Crippen molar-refractivity contribution >= 4 is 11.4 Å². The van der Waals surface area contributed by atoms with Crippen molar-refractivity contribution in [3.05, 3.63) is 23.8 Å². The van der Waals surface area contributed by atoms with Crippen molar-refractivity contribution in [3.8, 4) is 6.07 Å². The zero-order valence-corrected chi connectivity index (χ0v) is 8.91. The zero-order chi connectivity index (χ0) is 11.5. The normalized spacial score (nSPS) is 10.8. The number of nitriles is 1. The Balaban J connectivity index is 2.99. The Bertz CT molecular complexity index is 393. The van der Waals surface area contributed by atoms with Crippen molar-refractivity contribution in [2.45, 2.75) is 19.4 Å². The van der Waals surface area contributed by atoms with E-state index in [1.54, 1.807) is 18.2 Å². The molecule has 0 aromatic heterocycles. The van der Waals surface area contributed by atoms with Gasteiger partial charge >= 0.3 is 0 Å². The highest BCUT2D eigenvalue weighted by molar-refractivity contribution is 5.69. The third-order valence-corrected chi connectivity index (χ3v) is 2.05. The average molecular weight is 205 g/mol. The second-order valence-corrected chi connectivity index (χ2v) is 4.08. The minimum Gasteiger partial charge on any atom is -0.397 e. The SMILES string of the molecule is CC(C)(CO)Nc1cc(C#N)ccc1N. The lowest BCUT2D eigenvalue weighted by Crippen LogP contribution is -2.35. The summed E-state index contributed by atoms with van der Waals surface area (Å²) in [5.74, 6) is 0.